The van der Waals surface area contributed by atoms with Gasteiger partial charge < -0.3 is 9.80 Å². The Bertz CT molecular complexity index is 971. The van der Waals surface area contributed by atoms with Gasteiger partial charge in [-0.25, -0.2) is 13.1 Å². The van der Waals surface area contributed by atoms with Crippen molar-refractivity contribution in [3.8, 4) is 0 Å². The largest absolute Gasteiger partial charge is 0.372 e. The standard InChI is InChI=1S/C22H29N3O3S/c1-4-6-14-24(5-2)19-9-7-17(8-10-19)22(26)25-15-13-18-16-20(11-12-21(18)25)29(27,28)23-3/h7-12,16,23H,4-6,13-15H2,1-3H3. The second kappa shape index (κ2) is 8.97. The van der Waals surface area contributed by atoms with Gasteiger partial charge in [0.05, 0.1) is 4.90 Å². The van der Waals surface area contributed by atoms with E-state index in [2.05, 4.69) is 23.5 Å². The number of anilines is 2. The number of benzene rings is 2. The second-order valence-corrected chi connectivity index (χ2v) is 9.07. The number of sulfonamides is 1. The molecule has 1 N–H and O–H groups in total. The molecule has 0 saturated heterocycles. The van der Waals surface area contributed by atoms with E-state index in [1.807, 2.05) is 24.3 Å². The Morgan fingerprint density at radius 3 is 2.48 bits per heavy atom. The van der Waals surface area contributed by atoms with Crippen molar-refractivity contribution in [2.75, 3.05) is 36.5 Å². The molecule has 1 aliphatic heterocycles. The van der Waals surface area contributed by atoms with Crippen LogP contribution >= 0.6 is 0 Å². The summed E-state index contributed by atoms with van der Waals surface area (Å²) in [4.78, 5) is 17.3. The summed E-state index contributed by atoms with van der Waals surface area (Å²) in [6.45, 7) is 6.82. The Morgan fingerprint density at radius 1 is 1.14 bits per heavy atom. The number of nitrogens with one attached hydrogen (secondary N) is 1. The molecule has 7 heteroatoms. The van der Waals surface area contributed by atoms with Crippen molar-refractivity contribution in [2.24, 2.45) is 0 Å². The highest BCUT2D eigenvalue weighted by Gasteiger charge is 2.27. The molecule has 0 bridgehead atoms. The van der Waals surface area contributed by atoms with Crippen molar-refractivity contribution in [3.05, 3.63) is 53.6 Å². The highest BCUT2D eigenvalue weighted by molar-refractivity contribution is 7.89. The van der Waals surface area contributed by atoms with Gasteiger partial charge in [-0.1, -0.05) is 13.3 Å². The van der Waals surface area contributed by atoms with E-state index in [9.17, 15) is 13.2 Å². The van der Waals surface area contributed by atoms with Gasteiger partial charge in [0.25, 0.3) is 5.91 Å². The molecule has 0 atom stereocenters. The summed E-state index contributed by atoms with van der Waals surface area (Å²) in [6, 6.07) is 12.7. The zero-order valence-corrected chi connectivity index (χ0v) is 18.1. The van der Waals surface area contributed by atoms with Gasteiger partial charge in [-0.3, -0.25) is 4.79 Å². The van der Waals surface area contributed by atoms with Crippen LogP contribution in [0.5, 0.6) is 0 Å². The highest BCUT2D eigenvalue weighted by atomic mass is 32.2. The third-order valence-corrected chi connectivity index (χ3v) is 6.83. The highest BCUT2D eigenvalue weighted by Crippen LogP contribution is 2.31. The van der Waals surface area contributed by atoms with E-state index in [0.29, 0.717) is 18.5 Å². The van der Waals surface area contributed by atoms with E-state index < -0.39 is 10.0 Å². The van der Waals surface area contributed by atoms with Crippen LogP contribution in [-0.2, 0) is 16.4 Å². The average molecular weight is 416 g/mol. The number of fused-ring (bicyclic) bond motifs is 1. The molecule has 0 aromatic heterocycles. The summed E-state index contributed by atoms with van der Waals surface area (Å²) in [5.41, 5.74) is 3.43. The molecule has 6 nitrogen and oxygen atoms in total. The van der Waals surface area contributed by atoms with Crippen molar-refractivity contribution in [3.63, 3.8) is 0 Å². The number of carbonyl (C=O) groups excluding carboxylic acids is 1. The third-order valence-electron chi connectivity index (χ3n) is 5.41. The molecular weight excluding hydrogens is 386 g/mol. The van der Waals surface area contributed by atoms with E-state index in [4.69, 9.17) is 0 Å². The van der Waals surface area contributed by atoms with Gasteiger partial charge >= 0.3 is 0 Å². The number of carbonyl (C=O) groups is 1. The van der Waals surface area contributed by atoms with Gasteiger partial charge in [-0.2, -0.15) is 0 Å². The van der Waals surface area contributed by atoms with E-state index in [-0.39, 0.29) is 10.8 Å². The zero-order chi connectivity index (χ0) is 21.0. The second-order valence-electron chi connectivity index (χ2n) is 7.18. The van der Waals surface area contributed by atoms with E-state index >= 15 is 0 Å². The number of nitrogens with zero attached hydrogens (tertiary/aromatic N) is 2. The maximum atomic E-state index is 13.1. The Hall–Kier alpha value is -2.38. The van der Waals surface area contributed by atoms with Crippen molar-refractivity contribution in [2.45, 2.75) is 38.0 Å². The van der Waals surface area contributed by atoms with Crippen LogP contribution in [0, 0.1) is 0 Å². The molecule has 1 aliphatic rings. The first kappa shape index (κ1) is 21.3. The molecule has 0 radical (unpaired) electrons. The quantitative estimate of drug-likeness (QED) is 0.717. The van der Waals surface area contributed by atoms with Crippen molar-refractivity contribution < 1.29 is 13.2 Å². The lowest BCUT2D eigenvalue weighted by Crippen LogP contribution is -2.29. The lowest BCUT2D eigenvalue weighted by atomic mass is 10.1. The molecule has 0 spiro atoms. The molecule has 2 aromatic carbocycles. The number of rotatable bonds is 8. The number of hydrogen-bond acceptors (Lipinski definition) is 4. The Kier molecular flexibility index (Phi) is 6.59. The molecule has 2 aromatic rings. The van der Waals surface area contributed by atoms with Crippen LogP contribution in [0.2, 0.25) is 0 Å². The number of unbranched alkanes of at least 4 members (excludes halogenated alkanes) is 1. The predicted octanol–water partition coefficient (Wildman–Crippen LogP) is 3.42. The first-order valence-electron chi connectivity index (χ1n) is 10.1. The first-order valence-corrected chi connectivity index (χ1v) is 11.6. The van der Waals surface area contributed by atoms with Crippen LogP contribution in [0.15, 0.2) is 47.4 Å². The molecule has 0 fully saturated rings. The van der Waals surface area contributed by atoms with Gasteiger partial charge in [-0.05, 0) is 74.8 Å². The molecule has 3 rings (SSSR count). The summed E-state index contributed by atoms with van der Waals surface area (Å²) >= 11 is 0. The maximum absolute atomic E-state index is 13.1. The Morgan fingerprint density at radius 2 is 1.86 bits per heavy atom. The van der Waals surface area contributed by atoms with Gasteiger partial charge in [0.1, 0.15) is 0 Å². The van der Waals surface area contributed by atoms with Crippen LogP contribution in [-0.4, -0.2) is 41.0 Å². The van der Waals surface area contributed by atoms with E-state index in [0.717, 1.165) is 42.9 Å². The van der Waals surface area contributed by atoms with Crippen molar-refractivity contribution in [1.82, 2.24) is 4.72 Å². The Balaban J connectivity index is 1.79. The van der Waals surface area contributed by atoms with Crippen LogP contribution in [0.1, 0.15) is 42.6 Å². The normalized spacial score (nSPS) is 13.4. The minimum atomic E-state index is -3.49. The monoisotopic (exact) mass is 415 g/mol. The smallest absolute Gasteiger partial charge is 0.258 e. The van der Waals surface area contributed by atoms with Crippen LogP contribution in [0.25, 0.3) is 0 Å². The molecule has 0 aliphatic carbocycles. The van der Waals surface area contributed by atoms with Gasteiger partial charge in [0, 0.05) is 36.6 Å². The summed E-state index contributed by atoms with van der Waals surface area (Å²) in [5, 5.41) is 0. The molecule has 0 saturated carbocycles. The van der Waals surface area contributed by atoms with Gasteiger partial charge in [-0.15, -0.1) is 0 Å². The average Bonchev–Trinajstić information content (AvgIpc) is 3.17. The van der Waals surface area contributed by atoms with E-state index in [1.165, 1.54) is 7.05 Å². The van der Waals surface area contributed by atoms with Gasteiger partial charge in [0.2, 0.25) is 10.0 Å². The maximum Gasteiger partial charge on any atom is 0.258 e. The topological polar surface area (TPSA) is 69.7 Å². The minimum absolute atomic E-state index is 0.0591. The van der Waals surface area contributed by atoms with Crippen molar-refractivity contribution in [1.29, 1.82) is 0 Å². The summed E-state index contributed by atoms with van der Waals surface area (Å²) < 4.78 is 26.4. The molecular formula is C22H29N3O3S. The summed E-state index contributed by atoms with van der Waals surface area (Å²) in [5.74, 6) is -0.0591. The fraction of sp³-hybridized carbons (Fsp3) is 0.409. The number of hydrogen-bond donors (Lipinski definition) is 1. The van der Waals surface area contributed by atoms with E-state index in [1.54, 1.807) is 23.1 Å². The molecule has 0 unspecified atom stereocenters. The number of amides is 1. The Labute approximate surface area is 173 Å². The fourth-order valence-electron chi connectivity index (χ4n) is 3.66. The van der Waals surface area contributed by atoms with Gasteiger partial charge in [0.15, 0.2) is 0 Å². The molecule has 1 heterocycles. The molecule has 156 valence electrons. The van der Waals surface area contributed by atoms with Crippen LogP contribution < -0.4 is 14.5 Å². The lowest BCUT2D eigenvalue weighted by Gasteiger charge is -2.23. The first-order chi connectivity index (χ1) is 13.9. The zero-order valence-electron chi connectivity index (χ0n) is 17.3. The molecule has 29 heavy (non-hydrogen) atoms. The van der Waals surface area contributed by atoms with Crippen molar-refractivity contribution >= 4 is 27.3 Å². The third kappa shape index (κ3) is 4.46. The fourth-order valence-corrected chi connectivity index (χ4v) is 4.44. The predicted molar refractivity (Wildman–Crippen MR) is 117 cm³/mol. The lowest BCUT2D eigenvalue weighted by molar-refractivity contribution is 0.0989. The summed E-state index contributed by atoms with van der Waals surface area (Å²) in [7, 11) is -2.10. The van der Waals surface area contributed by atoms with Crippen LogP contribution in [0.4, 0.5) is 11.4 Å². The van der Waals surface area contributed by atoms with Crippen LogP contribution in [0.3, 0.4) is 0 Å². The molecule has 1 amide bonds. The SMILES string of the molecule is CCCCN(CC)c1ccc(C(=O)N2CCc3cc(S(=O)(=O)NC)ccc32)cc1. The summed E-state index contributed by atoms with van der Waals surface area (Å²) in [6.07, 6.45) is 2.94. The minimum Gasteiger partial charge on any atom is -0.372 e.